The van der Waals surface area contributed by atoms with Crippen molar-refractivity contribution in [3.63, 3.8) is 0 Å². The Labute approximate surface area is 115 Å². The summed E-state index contributed by atoms with van der Waals surface area (Å²) in [7, 11) is 0. The van der Waals surface area contributed by atoms with Crippen LogP contribution in [-0.2, 0) is 6.42 Å². The minimum absolute atomic E-state index is 0.669. The molecule has 0 saturated heterocycles. The van der Waals surface area contributed by atoms with E-state index in [9.17, 15) is 0 Å². The third-order valence-electron chi connectivity index (χ3n) is 2.85. The molecule has 0 spiro atoms. The van der Waals surface area contributed by atoms with E-state index in [0.717, 1.165) is 34.9 Å². The number of aryl methyl sites for hydroxylation is 2. The quantitative estimate of drug-likeness (QED) is 0.793. The number of aromatic nitrogens is 4. The highest BCUT2D eigenvalue weighted by Crippen LogP contribution is 2.11. The van der Waals surface area contributed by atoms with E-state index in [1.54, 1.807) is 15.9 Å². The van der Waals surface area contributed by atoms with Crippen LogP contribution in [0.2, 0.25) is 0 Å². The van der Waals surface area contributed by atoms with Crippen molar-refractivity contribution in [1.82, 2.24) is 19.6 Å². The molecule has 5 nitrogen and oxygen atoms in total. The molecule has 0 atom stereocenters. The molecule has 3 aromatic heterocycles. The third kappa shape index (κ3) is 2.58. The van der Waals surface area contributed by atoms with Gasteiger partial charge in [0.2, 0.25) is 5.95 Å². The largest absolute Gasteiger partial charge is 0.352 e. The fourth-order valence-corrected chi connectivity index (χ4v) is 2.69. The van der Waals surface area contributed by atoms with Crippen molar-refractivity contribution in [3.8, 4) is 0 Å². The van der Waals surface area contributed by atoms with Gasteiger partial charge in [-0.1, -0.05) is 6.07 Å². The summed E-state index contributed by atoms with van der Waals surface area (Å²) in [5, 5.41) is 10.8. The number of anilines is 1. The summed E-state index contributed by atoms with van der Waals surface area (Å²) in [6.07, 6.45) is 2.80. The maximum atomic E-state index is 4.47. The summed E-state index contributed by atoms with van der Waals surface area (Å²) in [5.74, 6) is 0.669. The average Bonchev–Trinajstić information content (AvgIpc) is 2.97. The van der Waals surface area contributed by atoms with Gasteiger partial charge in [0, 0.05) is 30.2 Å². The van der Waals surface area contributed by atoms with Gasteiger partial charge in [0.05, 0.1) is 5.01 Å². The topological polar surface area (TPSA) is 55.1 Å². The molecule has 0 radical (unpaired) electrons. The van der Waals surface area contributed by atoms with E-state index in [4.69, 9.17) is 0 Å². The number of hydrogen-bond acceptors (Lipinski definition) is 5. The summed E-state index contributed by atoms with van der Waals surface area (Å²) in [6.45, 7) is 4.84. The predicted octanol–water partition coefficient (Wildman–Crippen LogP) is 2.46. The Hall–Kier alpha value is -1.95. The zero-order valence-corrected chi connectivity index (χ0v) is 11.7. The molecule has 98 valence electrons. The van der Waals surface area contributed by atoms with Crippen LogP contribution >= 0.6 is 11.3 Å². The van der Waals surface area contributed by atoms with E-state index in [2.05, 4.69) is 25.8 Å². The lowest BCUT2D eigenvalue weighted by Crippen LogP contribution is -2.06. The molecule has 0 aliphatic heterocycles. The van der Waals surface area contributed by atoms with Crippen molar-refractivity contribution in [2.45, 2.75) is 20.3 Å². The monoisotopic (exact) mass is 273 g/mol. The van der Waals surface area contributed by atoms with Gasteiger partial charge in [-0.3, -0.25) is 0 Å². The lowest BCUT2D eigenvalue weighted by Gasteiger charge is -1.98. The molecule has 6 heteroatoms. The lowest BCUT2D eigenvalue weighted by atomic mass is 10.3. The molecular weight excluding hydrogens is 258 g/mol. The van der Waals surface area contributed by atoms with Gasteiger partial charge in [-0.05, 0) is 25.5 Å². The van der Waals surface area contributed by atoms with Crippen LogP contribution in [0.15, 0.2) is 23.7 Å². The molecule has 0 aromatic carbocycles. The average molecular weight is 273 g/mol. The fraction of sp³-hybridized carbons (Fsp3) is 0.308. The zero-order chi connectivity index (χ0) is 13.2. The molecule has 1 N–H and O–H groups in total. The molecule has 0 aliphatic rings. The van der Waals surface area contributed by atoms with Gasteiger partial charge in [0.15, 0.2) is 5.65 Å². The Bertz CT molecular complexity index is 700. The Kier molecular flexibility index (Phi) is 3.16. The number of nitrogens with one attached hydrogen (secondary N) is 1. The van der Waals surface area contributed by atoms with E-state index in [1.165, 1.54) is 0 Å². The maximum Gasteiger partial charge on any atom is 0.243 e. The molecule has 19 heavy (non-hydrogen) atoms. The molecule has 0 bridgehead atoms. The summed E-state index contributed by atoms with van der Waals surface area (Å²) < 4.78 is 1.80. The van der Waals surface area contributed by atoms with E-state index >= 15 is 0 Å². The van der Waals surface area contributed by atoms with Gasteiger partial charge in [0.25, 0.3) is 0 Å². The summed E-state index contributed by atoms with van der Waals surface area (Å²) in [6, 6.07) is 4.01. The maximum absolute atomic E-state index is 4.47. The van der Waals surface area contributed by atoms with Crippen molar-refractivity contribution in [2.24, 2.45) is 0 Å². The first-order valence-electron chi connectivity index (χ1n) is 6.19. The van der Waals surface area contributed by atoms with Crippen molar-refractivity contribution in [3.05, 3.63) is 40.0 Å². The first-order chi connectivity index (χ1) is 9.22. The number of hydrogen-bond donors (Lipinski definition) is 1. The van der Waals surface area contributed by atoms with E-state index in [-0.39, 0.29) is 0 Å². The fourth-order valence-electron chi connectivity index (χ4n) is 1.91. The van der Waals surface area contributed by atoms with Gasteiger partial charge in [-0.2, -0.15) is 4.98 Å². The summed E-state index contributed by atoms with van der Waals surface area (Å²) in [5.41, 5.74) is 3.11. The minimum Gasteiger partial charge on any atom is -0.352 e. The Balaban J connectivity index is 1.67. The van der Waals surface area contributed by atoms with Crippen LogP contribution < -0.4 is 5.32 Å². The molecule has 3 aromatic rings. The van der Waals surface area contributed by atoms with Crippen molar-refractivity contribution >= 4 is 22.9 Å². The second-order valence-corrected chi connectivity index (χ2v) is 5.40. The standard InChI is InChI=1S/C13H15N5S/c1-9-4-3-7-18-12(9)16-13(17-18)14-6-5-11-15-10(2)8-19-11/h3-4,7-8H,5-6H2,1-2H3,(H,14,17). The van der Waals surface area contributed by atoms with Crippen LogP contribution in [0, 0.1) is 13.8 Å². The van der Waals surface area contributed by atoms with E-state index < -0.39 is 0 Å². The van der Waals surface area contributed by atoms with E-state index in [1.807, 2.05) is 32.2 Å². The molecular formula is C13H15N5S. The summed E-state index contributed by atoms with van der Waals surface area (Å²) >= 11 is 1.70. The first kappa shape index (κ1) is 12.1. The molecule has 0 fully saturated rings. The van der Waals surface area contributed by atoms with Crippen molar-refractivity contribution < 1.29 is 0 Å². The SMILES string of the molecule is Cc1csc(CCNc2nc3c(C)cccn3n2)n1. The Morgan fingerprint density at radius 2 is 2.21 bits per heavy atom. The van der Waals surface area contributed by atoms with Crippen molar-refractivity contribution in [2.75, 3.05) is 11.9 Å². The number of thiazole rings is 1. The number of pyridine rings is 1. The molecule has 3 rings (SSSR count). The highest BCUT2D eigenvalue weighted by atomic mass is 32.1. The lowest BCUT2D eigenvalue weighted by molar-refractivity contribution is 0.928. The van der Waals surface area contributed by atoms with Crippen LogP contribution in [0.4, 0.5) is 5.95 Å². The smallest absolute Gasteiger partial charge is 0.243 e. The Morgan fingerprint density at radius 1 is 1.32 bits per heavy atom. The van der Waals surface area contributed by atoms with Crippen molar-refractivity contribution in [1.29, 1.82) is 0 Å². The molecule has 0 amide bonds. The number of rotatable bonds is 4. The van der Waals surface area contributed by atoms with Crippen LogP contribution in [0.3, 0.4) is 0 Å². The van der Waals surface area contributed by atoms with Crippen LogP contribution in [0.1, 0.15) is 16.3 Å². The van der Waals surface area contributed by atoms with Gasteiger partial charge in [-0.15, -0.1) is 16.4 Å². The van der Waals surface area contributed by atoms with Gasteiger partial charge in [0.1, 0.15) is 0 Å². The molecule has 0 unspecified atom stereocenters. The molecule has 3 heterocycles. The third-order valence-corrected chi connectivity index (χ3v) is 3.87. The highest BCUT2D eigenvalue weighted by molar-refractivity contribution is 7.09. The highest BCUT2D eigenvalue weighted by Gasteiger charge is 2.05. The summed E-state index contributed by atoms with van der Waals surface area (Å²) in [4.78, 5) is 8.90. The Morgan fingerprint density at radius 3 is 2.95 bits per heavy atom. The molecule has 0 saturated carbocycles. The second kappa shape index (κ2) is 4.97. The van der Waals surface area contributed by atoms with Crippen LogP contribution in [0.5, 0.6) is 0 Å². The van der Waals surface area contributed by atoms with Gasteiger partial charge >= 0.3 is 0 Å². The number of fused-ring (bicyclic) bond motifs is 1. The van der Waals surface area contributed by atoms with Gasteiger partial charge in [-0.25, -0.2) is 9.50 Å². The first-order valence-corrected chi connectivity index (χ1v) is 7.07. The predicted molar refractivity (Wildman–Crippen MR) is 76.8 cm³/mol. The second-order valence-electron chi connectivity index (χ2n) is 4.45. The normalized spacial score (nSPS) is 11.1. The van der Waals surface area contributed by atoms with Crippen LogP contribution in [0.25, 0.3) is 5.65 Å². The molecule has 0 aliphatic carbocycles. The minimum atomic E-state index is 0.669. The van der Waals surface area contributed by atoms with E-state index in [0.29, 0.717) is 5.95 Å². The van der Waals surface area contributed by atoms with Gasteiger partial charge < -0.3 is 5.32 Å². The zero-order valence-electron chi connectivity index (χ0n) is 10.9. The number of nitrogens with zero attached hydrogens (tertiary/aromatic N) is 4. The van der Waals surface area contributed by atoms with Crippen LogP contribution in [-0.4, -0.2) is 26.1 Å².